The molecule has 9 heteroatoms. The number of allylic oxidation sites excluding steroid dienone is 2. The van der Waals surface area contributed by atoms with Crippen LogP contribution in [0.2, 0.25) is 0 Å². The third kappa shape index (κ3) is 3.60. The van der Waals surface area contributed by atoms with Crippen LogP contribution in [-0.4, -0.2) is 31.7 Å². The van der Waals surface area contributed by atoms with Gasteiger partial charge in [0, 0.05) is 40.3 Å². The molecule has 2 aromatic heterocycles. The first-order valence-electron chi connectivity index (χ1n) is 10.0. The van der Waals surface area contributed by atoms with E-state index >= 15 is 0 Å². The Kier molecular flexibility index (Phi) is 5.37. The maximum atomic E-state index is 14.5. The fourth-order valence-electron chi connectivity index (χ4n) is 3.95. The summed E-state index contributed by atoms with van der Waals surface area (Å²) in [4.78, 5) is 12.3. The van der Waals surface area contributed by atoms with Gasteiger partial charge in [0.1, 0.15) is 0 Å². The van der Waals surface area contributed by atoms with E-state index in [1.807, 2.05) is 0 Å². The van der Waals surface area contributed by atoms with E-state index in [4.69, 9.17) is 0 Å². The first-order chi connectivity index (χ1) is 15.6. The summed E-state index contributed by atoms with van der Waals surface area (Å²) < 4.78 is 46.1. The highest BCUT2D eigenvalue weighted by atomic mass is 19.4. The van der Waals surface area contributed by atoms with Crippen LogP contribution in [0.15, 0.2) is 79.8 Å². The van der Waals surface area contributed by atoms with Gasteiger partial charge in [0.15, 0.2) is 0 Å². The molecule has 1 unspecified atom stereocenters. The molecule has 2 N–H and O–H groups in total. The Morgan fingerprint density at radius 1 is 1.21 bits per heavy atom. The lowest BCUT2D eigenvalue weighted by Crippen LogP contribution is -2.43. The monoisotopic (exact) mass is 454 g/mol. The van der Waals surface area contributed by atoms with Gasteiger partial charge in [-0.05, 0) is 30.7 Å². The van der Waals surface area contributed by atoms with Crippen molar-refractivity contribution < 1.29 is 23.1 Å². The maximum absolute atomic E-state index is 14.5. The number of carbonyl (C=O) groups excluding carboxylic acids is 1. The Labute approximate surface area is 187 Å². The van der Waals surface area contributed by atoms with Crippen LogP contribution >= 0.6 is 0 Å². The minimum absolute atomic E-state index is 0.266. The van der Waals surface area contributed by atoms with Crippen molar-refractivity contribution >= 4 is 27.8 Å². The van der Waals surface area contributed by atoms with Gasteiger partial charge in [-0.1, -0.05) is 36.9 Å². The van der Waals surface area contributed by atoms with Gasteiger partial charge in [-0.3, -0.25) is 0 Å². The van der Waals surface area contributed by atoms with E-state index in [2.05, 4.69) is 23.6 Å². The van der Waals surface area contributed by atoms with Crippen molar-refractivity contribution in [3.05, 3.63) is 90.9 Å². The minimum Gasteiger partial charge on any atom is -0.372 e. The first kappa shape index (κ1) is 22.3. The number of nitrogens with one attached hydrogen (secondary N) is 1. The topological polar surface area (TPSA) is 72.1 Å². The molecule has 0 fully saturated rings. The molecule has 4 rings (SSSR count). The zero-order chi connectivity index (χ0) is 24.0. The number of hydrogen-bond acceptors (Lipinski definition) is 3. The number of fused-ring (bicyclic) bond motifs is 2. The first-order valence-corrected chi connectivity index (χ1v) is 10.0. The van der Waals surface area contributed by atoms with Crippen LogP contribution in [0.1, 0.15) is 18.1 Å². The molecule has 2 aromatic carbocycles. The molecule has 1 amide bonds. The Balaban J connectivity index is 1.92. The van der Waals surface area contributed by atoms with Crippen LogP contribution in [0, 0.1) is 0 Å². The number of nitrogens with zero attached hydrogens (tertiary/aromatic N) is 3. The highest BCUT2D eigenvalue weighted by molar-refractivity contribution is 5.91. The zero-order valence-electron chi connectivity index (χ0n) is 17.7. The molecule has 0 spiro atoms. The fraction of sp³-hybridized carbons (Fsp3) is 0.167. The van der Waals surface area contributed by atoms with Gasteiger partial charge in [-0.2, -0.15) is 23.0 Å². The van der Waals surface area contributed by atoms with Crippen molar-refractivity contribution in [1.29, 1.82) is 0 Å². The standard InChI is InChI=1S/C24H21F3N4O2/c1-4-11-30-14-19(18-7-5-6-8-21(18)30)23(33,24(25,26)27)17-9-10-20-16(12-17)13-28-31(20)22(32)29-15(2)3/h4-10,12-14,33H,1-2,11H2,3H3,(H,29,32). The lowest BCUT2D eigenvalue weighted by atomic mass is 9.85. The Bertz CT molecular complexity index is 1400. The lowest BCUT2D eigenvalue weighted by Gasteiger charge is -2.31. The number of aliphatic hydroxyl groups is 1. The minimum atomic E-state index is -5.03. The zero-order valence-corrected chi connectivity index (χ0v) is 17.7. The number of aromatic nitrogens is 3. The summed E-state index contributed by atoms with van der Waals surface area (Å²) >= 11 is 0. The highest BCUT2D eigenvalue weighted by Gasteiger charge is 2.57. The van der Waals surface area contributed by atoms with Crippen molar-refractivity contribution in [1.82, 2.24) is 19.7 Å². The summed E-state index contributed by atoms with van der Waals surface area (Å²) in [6, 6.07) is 9.65. The fourth-order valence-corrected chi connectivity index (χ4v) is 3.95. The summed E-state index contributed by atoms with van der Waals surface area (Å²) in [5, 5.41) is 18.3. The molecule has 0 saturated carbocycles. The second-order valence-corrected chi connectivity index (χ2v) is 7.75. The van der Waals surface area contributed by atoms with E-state index in [9.17, 15) is 23.1 Å². The van der Waals surface area contributed by atoms with E-state index < -0.39 is 17.8 Å². The molecule has 0 bridgehead atoms. The smallest absolute Gasteiger partial charge is 0.372 e. The van der Waals surface area contributed by atoms with Crippen LogP contribution in [-0.2, 0) is 12.1 Å². The highest BCUT2D eigenvalue weighted by Crippen LogP contribution is 2.47. The van der Waals surface area contributed by atoms with Crippen LogP contribution in [0.4, 0.5) is 18.0 Å². The van der Waals surface area contributed by atoms with Crippen LogP contribution in [0.3, 0.4) is 0 Å². The normalized spacial score (nSPS) is 13.7. The summed E-state index contributed by atoms with van der Waals surface area (Å²) in [6.07, 6.45) is -0.890. The quantitative estimate of drug-likeness (QED) is 0.414. The molecular formula is C24H21F3N4O2. The second kappa shape index (κ2) is 7.93. The number of amides is 1. The summed E-state index contributed by atoms with van der Waals surface area (Å²) in [6.45, 7) is 9.12. The van der Waals surface area contributed by atoms with Crippen molar-refractivity contribution in [3.8, 4) is 0 Å². The number of halogens is 3. The Morgan fingerprint density at radius 3 is 2.61 bits per heavy atom. The Morgan fingerprint density at radius 2 is 1.94 bits per heavy atom. The van der Waals surface area contributed by atoms with Gasteiger partial charge in [0.05, 0.1) is 11.7 Å². The van der Waals surface area contributed by atoms with E-state index in [1.54, 1.807) is 41.8 Å². The summed E-state index contributed by atoms with van der Waals surface area (Å²) in [5.74, 6) is 0. The van der Waals surface area contributed by atoms with Gasteiger partial charge in [-0.25, -0.2) is 4.79 Å². The van der Waals surface area contributed by atoms with Gasteiger partial charge in [0.25, 0.3) is 0 Å². The number of hydrogen-bond donors (Lipinski definition) is 2. The molecule has 0 radical (unpaired) electrons. The predicted molar refractivity (Wildman–Crippen MR) is 120 cm³/mol. The van der Waals surface area contributed by atoms with Crippen molar-refractivity contribution in [2.24, 2.45) is 0 Å². The van der Waals surface area contributed by atoms with E-state index in [-0.39, 0.29) is 34.0 Å². The van der Waals surface area contributed by atoms with Crippen molar-refractivity contribution in [3.63, 3.8) is 0 Å². The molecule has 1 atom stereocenters. The average molecular weight is 454 g/mol. The molecule has 0 aliphatic heterocycles. The predicted octanol–water partition coefficient (Wildman–Crippen LogP) is 5.07. The van der Waals surface area contributed by atoms with Crippen LogP contribution in [0.25, 0.3) is 21.8 Å². The summed E-state index contributed by atoms with van der Waals surface area (Å²) in [5.41, 5.74) is -2.75. The van der Waals surface area contributed by atoms with E-state index in [1.165, 1.54) is 24.5 Å². The Hall–Kier alpha value is -3.85. The van der Waals surface area contributed by atoms with Gasteiger partial charge < -0.3 is 15.0 Å². The van der Waals surface area contributed by atoms with Crippen molar-refractivity contribution in [2.75, 3.05) is 0 Å². The molecule has 0 aliphatic rings. The van der Waals surface area contributed by atoms with Crippen LogP contribution in [0.5, 0.6) is 0 Å². The molecule has 170 valence electrons. The number of carbonyl (C=O) groups is 1. The number of rotatable bonds is 5. The SMILES string of the molecule is C=CCn1cc(C(O)(c2ccc3c(cnn3C(=O)NC(=C)C)c2)C(F)(F)F)c2ccccc21. The van der Waals surface area contributed by atoms with E-state index in [0.717, 1.165) is 10.7 Å². The summed E-state index contributed by atoms with van der Waals surface area (Å²) in [7, 11) is 0. The van der Waals surface area contributed by atoms with Crippen molar-refractivity contribution in [2.45, 2.75) is 25.2 Å². The largest absolute Gasteiger partial charge is 0.425 e. The molecule has 4 aromatic rings. The molecule has 2 heterocycles. The average Bonchev–Trinajstić information content (AvgIpc) is 3.34. The number of para-hydroxylation sites is 1. The molecule has 33 heavy (non-hydrogen) atoms. The molecular weight excluding hydrogens is 433 g/mol. The lowest BCUT2D eigenvalue weighted by molar-refractivity contribution is -0.247. The third-order valence-electron chi connectivity index (χ3n) is 5.41. The number of alkyl halides is 3. The molecule has 0 aliphatic carbocycles. The number of benzene rings is 2. The van der Waals surface area contributed by atoms with E-state index in [0.29, 0.717) is 11.2 Å². The third-order valence-corrected chi connectivity index (χ3v) is 5.41. The second-order valence-electron chi connectivity index (χ2n) is 7.75. The molecule has 0 saturated heterocycles. The van der Waals surface area contributed by atoms with Gasteiger partial charge >= 0.3 is 12.2 Å². The van der Waals surface area contributed by atoms with Gasteiger partial charge in [0.2, 0.25) is 5.60 Å². The van der Waals surface area contributed by atoms with Gasteiger partial charge in [-0.15, -0.1) is 6.58 Å². The maximum Gasteiger partial charge on any atom is 0.425 e. The molecule has 6 nitrogen and oxygen atoms in total. The van der Waals surface area contributed by atoms with Crippen LogP contribution < -0.4 is 5.32 Å².